The van der Waals surface area contributed by atoms with Crippen LogP contribution in [0.25, 0.3) is 0 Å². The molecule has 0 spiro atoms. The minimum atomic E-state index is 0.0399. The van der Waals surface area contributed by atoms with E-state index in [-0.39, 0.29) is 11.9 Å². The lowest BCUT2D eigenvalue weighted by atomic mass is 9.65. The van der Waals surface area contributed by atoms with E-state index in [1.165, 1.54) is 38.8 Å². The van der Waals surface area contributed by atoms with Gasteiger partial charge in [0.1, 0.15) is 0 Å². The first-order chi connectivity index (χ1) is 9.13. The molecule has 0 aromatic rings. The molecule has 19 heavy (non-hydrogen) atoms. The van der Waals surface area contributed by atoms with Gasteiger partial charge in [0.25, 0.3) is 0 Å². The molecule has 0 aromatic heterocycles. The van der Waals surface area contributed by atoms with E-state index in [0.29, 0.717) is 18.6 Å². The highest BCUT2D eigenvalue weighted by molar-refractivity contribution is 5.74. The summed E-state index contributed by atoms with van der Waals surface area (Å²) in [4.78, 5) is 14.6. The Hall–Kier alpha value is -0.570. The van der Waals surface area contributed by atoms with Gasteiger partial charge in [-0.15, -0.1) is 0 Å². The maximum absolute atomic E-state index is 12.1. The SMILES string of the molecule is CCOC(=O)C1CC(CC(C)C)C1N1CCCCC1. The average Bonchev–Trinajstić information content (AvgIpc) is 2.35. The number of piperidine rings is 1. The quantitative estimate of drug-likeness (QED) is 0.717. The first kappa shape index (κ1) is 14.8. The minimum absolute atomic E-state index is 0.0399. The number of ether oxygens (including phenoxy) is 1. The molecule has 1 aliphatic carbocycles. The van der Waals surface area contributed by atoms with E-state index >= 15 is 0 Å². The lowest BCUT2D eigenvalue weighted by Crippen LogP contribution is -2.58. The standard InChI is InChI=1S/C16H29NO2/c1-4-19-16(18)14-11-13(10-12(2)3)15(14)17-8-6-5-7-9-17/h12-15H,4-11H2,1-3H3. The zero-order valence-corrected chi connectivity index (χ0v) is 12.7. The summed E-state index contributed by atoms with van der Waals surface area (Å²) in [5.41, 5.74) is 0. The van der Waals surface area contributed by atoms with E-state index in [2.05, 4.69) is 18.7 Å². The fourth-order valence-corrected chi connectivity index (χ4v) is 3.83. The number of hydrogen-bond acceptors (Lipinski definition) is 3. The molecule has 3 atom stereocenters. The van der Waals surface area contributed by atoms with Crippen molar-refractivity contribution in [2.75, 3.05) is 19.7 Å². The summed E-state index contributed by atoms with van der Waals surface area (Å²) in [5.74, 6) is 1.60. The Bertz CT molecular complexity index is 297. The third-order valence-electron chi connectivity index (χ3n) is 4.63. The number of carbonyl (C=O) groups excluding carboxylic acids is 1. The summed E-state index contributed by atoms with van der Waals surface area (Å²) in [7, 11) is 0. The molecule has 0 amide bonds. The van der Waals surface area contributed by atoms with Crippen molar-refractivity contribution < 1.29 is 9.53 Å². The van der Waals surface area contributed by atoms with Crippen molar-refractivity contribution in [2.45, 2.75) is 58.9 Å². The van der Waals surface area contributed by atoms with E-state index in [1.54, 1.807) is 0 Å². The van der Waals surface area contributed by atoms with Crippen LogP contribution in [0.3, 0.4) is 0 Å². The van der Waals surface area contributed by atoms with Crippen LogP contribution in [0.15, 0.2) is 0 Å². The summed E-state index contributed by atoms with van der Waals surface area (Å²) in [6.45, 7) is 9.33. The molecule has 2 aliphatic rings. The Balaban J connectivity index is 1.98. The number of hydrogen-bond donors (Lipinski definition) is 0. The van der Waals surface area contributed by atoms with Crippen molar-refractivity contribution in [3.05, 3.63) is 0 Å². The molecule has 0 bridgehead atoms. The van der Waals surface area contributed by atoms with E-state index in [9.17, 15) is 4.79 Å². The van der Waals surface area contributed by atoms with Gasteiger partial charge in [-0.25, -0.2) is 0 Å². The molecule has 3 heteroatoms. The number of likely N-dealkylation sites (tertiary alicyclic amines) is 1. The van der Waals surface area contributed by atoms with Gasteiger partial charge >= 0.3 is 5.97 Å². The summed E-state index contributed by atoms with van der Waals surface area (Å²) in [6, 6.07) is 0.460. The van der Waals surface area contributed by atoms with Crippen molar-refractivity contribution in [3.8, 4) is 0 Å². The molecule has 1 aliphatic heterocycles. The predicted octanol–water partition coefficient (Wildman–Crippen LogP) is 3.09. The normalized spacial score (nSPS) is 32.1. The second-order valence-electron chi connectivity index (χ2n) is 6.57. The third-order valence-corrected chi connectivity index (χ3v) is 4.63. The van der Waals surface area contributed by atoms with Gasteiger partial charge in [0.2, 0.25) is 0 Å². The largest absolute Gasteiger partial charge is 0.466 e. The summed E-state index contributed by atoms with van der Waals surface area (Å²) < 4.78 is 5.25. The van der Waals surface area contributed by atoms with Crippen molar-refractivity contribution >= 4 is 5.97 Å². The van der Waals surface area contributed by atoms with E-state index in [4.69, 9.17) is 4.74 Å². The number of nitrogens with zero attached hydrogens (tertiary/aromatic N) is 1. The highest BCUT2D eigenvalue weighted by Crippen LogP contribution is 2.43. The molecule has 2 fully saturated rings. The van der Waals surface area contributed by atoms with Gasteiger partial charge in [0, 0.05) is 6.04 Å². The van der Waals surface area contributed by atoms with Crippen molar-refractivity contribution in [1.82, 2.24) is 4.90 Å². The van der Waals surface area contributed by atoms with Gasteiger partial charge in [-0.1, -0.05) is 20.3 Å². The second-order valence-corrected chi connectivity index (χ2v) is 6.57. The number of rotatable bonds is 5. The van der Waals surface area contributed by atoms with Crippen LogP contribution in [0.4, 0.5) is 0 Å². The zero-order valence-electron chi connectivity index (χ0n) is 12.7. The molecule has 3 unspecified atom stereocenters. The Labute approximate surface area is 117 Å². The maximum atomic E-state index is 12.1. The highest BCUT2D eigenvalue weighted by Gasteiger charge is 2.48. The van der Waals surface area contributed by atoms with Gasteiger partial charge in [-0.05, 0) is 57.5 Å². The summed E-state index contributed by atoms with van der Waals surface area (Å²) in [5, 5.41) is 0. The molecule has 110 valence electrons. The van der Waals surface area contributed by atoms with Crippen LogP contribution in [0.2, 0.25) is 0 Å². The van der Waals surface area contributed by atoms with E-state index in [0.717, 1.165) is 12.3 Å². The first-order valence-corrected chi connectivity index (χ1v) is 8.04. The van der Waals surface area contributed by atoms with Crippen LogP contribution < -0.4 is 0 Å². The first-order valence-electron chi connectivity index (χ1n) is 8.04. The Morgan fingerprint density at radius 1 is 1.26 bits per heavy atom. The van der Waals surface area contributed by atoms with E-state index < -0.39 is 0 Å². The van der Waals surface area contributed by atoms with Crippen molar-refractivity contribution in [1.29, 1.82) is 0 Å². The van der Waals surface area contributed by atoms with Gasteiger partial charge in [-0.2, -0.15) is 0 Å². The lowest BCUT2D eigenvalue weighted by molar-refractivity contribution is -0.160. The van der Waals surface area contributed by atoms with Crippen molar-refractivity contribution in [2.24, 2.45) is 17.8 Å². The Morgan fingerprint density at radius 2 is 1.95 bits per heavy atom. The van der Waals surface area contributed by atoms with Gasteiger partial charge < -0.3 is 4.74 Å². The maximum Gasteiger partial charge on any atom is 0.310 e. The molecule has 3 nitrogen and oxygen atoms in total. The van der Waals surface area contributed by atoms with Crippen LogP contribution in [0, 0.1) is 17.8 Å². The Morgan fingerprint density at radius 3 is 2.53 bits per heavy atom. The summed E-state index contributed by atoms with van der Waals surface area (Å²) in [6.07, 6.45) is 6.22. The van der Waals surface area contributed by atoms with Gasteiger partial charge in [-0.3, -0.25) is 9.69 Å². The number of esters is 1. The van der Waals surface area contributed by atoms with Crippen LogP contribution >= 0.6 is 0 Å². The molecule has 0 radical (unpaired) electrons. The minimum Gasteiger partial charge on any atom is -0.466 e. The average molecular weight is 267 g/mol. The fraction of sp³-hybridized carbons (Fsp3) is 0.938. The lowest BCUT2D eigenvalue weighted by Gasteiger charge is -2.51. The molecule has 0 aromatic carbocycles. The Kier molecular flexibility index (Phi) is 5.26. The predicted molar refractivity (Wildman–Crippen MR) is 76.9 cm³/mol. The highest BCUT2D eigenvalue weighted by atomic mass is 16.5. The molecule has 2 rings (SSSR count). The molecule has 0 N–H and O–H groups in total. The van der Waals surface area contributed by atoms with Crippen LogP contribution in [0.5, 0.6) is 0 Å². The molecule has 1 heterocycles. The molecule has 1 saturated carbocycles. The van der Waals surface area contributed by atoms with Gasteiger partial charge in [0.15, 0.2) is 0 Å². The van der Waals surface area contributed by atoms with Gasteiger partial charge in [0.05, 0.1) is 12.5 Å². The topological polar surface area (TPSA) is 29.5 Å². The zero-order chi connectivity index (χ0) is 13.8. The second kappa shape index (κ2) is 6.74. The molecular weight excluding hydrogens is 238 g/mol. The fourth-order valence-electron chi connectivity index (χ4n) is 3.83. The third kappa shape index (κ3) is 3.50. The monoisotopic (exact) mass is 267 g/mol. The van der Waals surface area contributed by atoms with E-state index in [1.807, 2.05) is 6.92 Å². The van der Waals surface area contributed by atoms with Crippen molar-refractivity contribution in [3.63, 3.8) is 0 Å². The molecule has 1 saturated heterocycles. The summed E-state index contributed by atoms with van der Waals surface area (Å²) >= 11 is 0. The van der Waals surface area contributed by atoms with Crippen LogP contribution in [0.1, 0.15) is 52.9 Å². The number of carbonyl (C=O) groups is 1. The molecular formula is C16H29NO2. The van der Waals surface area contributed by atoms with Crippen LogP contribution in [-0.2, 0) is 9.53 Å². The smallest absolute Gasteiger partial charge is 0.310 e. The van der Waals surface area contributed by atoms with Crippen LogP contribution in [-0.4, -0.2) is 36.6 Å².